The Hall–Kier alpha value is -1.55. The van der Waals surface area contributed by atoms with Crippen molar-refractivity contribution in [3.05, 3.63) is 34.3 Å². The number of benzene rings is 1. The molecule has 1 atom stereocenters. The lowest BCUT2D eigenvalue weighted by Crippen LogP contribution is -2.29. The number of hydrogen-bond acceptors (Lipinski definition) is 2. The molecule has 0 aliphatic heterocycles. The quantitative estimate of drug-likeness (QED) is 0.863. The third kappa shape index (κ3) is 4.75. The second-order valence-corrected chi connectivity index (χ2v) is 4.87. The van der Waals surface area contributed by atoms with E-state index in [0.717, 1.165) is 5.56 Å². The number of hydrogen-bond donors (Lipinski definition) is 2. The Morgan fingerprint density at radius 2 is 2.06 bits per heavy atom. The van der Waals surface area contributed by atoms with Gasteiger partial charge < -0.3 is 10.4 Å². The standard InChI is InChI=1S/C13H16ClNO3/c1-8-3-10(6-11(14)4-8)13(18)15-7-9(2)5-12(16)17/h3-4,6,9H,5,7H2,1-2H3,(H,15,18)(H,16,17)/t9-/m1/s1. The number of aryl methyl sites for hydroxylation is 1. The minimum Gasteiger partial charge on any atom is -0.481 e. The predicted molar refractivity (Wildman–Crippen MR) is 69.9 cm³/mol. The summed E-state index contributed by atoms with van der Waals surface area (Å²) in [4.78, 5) is 22.3. The number of carboxylic acids is 1. The predicted octanol–water partition coefficient (Wildman–Crippen LogP) is 2.49. The number of halogens is 1. The van der Waals surface area contributed by atoms with E-state index in [9.17, 15) is 9.59 Å². The molecular weight excluding hydrogens is 254 g/mol. The zero-order valence-electron chi connectivity index (χ0n) is 10.4. The lowest BCUT2D eigenvalue weighted by atomic mass is 10.1. The third-order valence-corrected chi connectivity index (χ3v) is 2.66. The van der Waals surface area contributed by atoms with Crippen molar-refractivity contribution >= 4 is 23.5 Å². The topological polar surface area (TPSA) is 66.4 Å². The maximum absolute atomic E-state index is 11.8. The normalized spacial score (nSPS) is 11.9. The highest BCUT2D eigenvalue weighted by molar-refractivity contribution is 6.31. The largest absolute Gasteiger partial charge is 0.481 e. The van der Waals surface area contributed by atoms with Crippen LogP contribution in [0, 0.1) is 12.8 Å². The molecule has 98 valence electrons. The van der Waals surface area contributed by atoms with Crippen molar-refractivity contribution in [3.63, 3.8) is 0 Å². The fraction of sp³-hybridized carbons (Fsp3) is 0.385. The van der Waals surface area contributed by atoms with Crippen molar-refractivity contribution in [2.24, 2.45) is 5.92 Å². The van der Waals surface area contributed by atoms with Gasteiger partial charge in [0, 0.05) is 23.6 Å². The Morgan fingerprint density at radius 3 is 2.61 bits per heavy atom. The van der Waals surface area contributed by atoms with E-state index in [0.29, 0.717) is 17.1 Å². The summed E-state index contributed by atoms with van der Waals surface area (Å²) in [6.45, 7) is 3.96. The molecule has 0 unspecified atom stereocenters. The number of carbonyl (C=O) groups excluding carboxylic acids is 1. The zero-order chi connectivity index (χ0) is 13.7. The molecular formula is C13H16ClNO3. The van der Waals surface area contributed by atoms with Crippen LogP contribution >= 0.6 is 11.6 Å². The first-order valence-electron chi connectivity index (χ1n) is 5.65. The molecule has 0 heterocycles. The maximum Gasteiger partial charge on any atom is 0.303 e. The van der Waals surface area contributed by atoms with Crippen molar-refractivity contribution in [1.82, 2.24) is 5.32 Å². The van der Waals surface area contributed by atoms with Gasteiger partial charge in [-0.3, -0.25) is 9.59 Å². The van der Waals surface area contributed by atoms with Gasteiger partial charge in [0.05, 0.1) is 0 Å². The number of carboxylic acid groups (broad SMARTS) is 1. The minimum atomic E-state index is -0.865. The van der Waals surface area contributed by atoms with E-state index in [1.54, 1.807) is 25.1 Å². The Morgan fingerprint density at radius 1 is 1.39 bits per heavy atom. The number of nitrogens with one attached hydrogen (secondary N) is 1. The fourth-order valence-electron chi connectivity index (χ4n) is 1.61. The molecule has 0 aliphatic rings. The van der Waals surface area contributed by atoms with Gasteiger partial charge in [0.2, 0.25) is 0 Å². The first-order chi connectivity index (χ1) is 8.38. The minimum absolute atomic E-state index is 0.0366. The molecule has 0 spiro atoms. The van der Waals surface area contributed by atoms with Crippen molar-refractivity contribution in [3.8, 4) is 0 Å². The SMILES string of the molecule is Cc1cc(Cl)cc(C(=O)NC[C@H](C)CC(=O)O)c1. The summed E-state index contributed by atoms with van der Waals surface area (Å²) in [6, 6.07) is 5.10. The van der Waals surface area contributed by atoms with E-state index >= 15 is 0 Å². The average molecular weight is 270 g/mol. The zero-order valence-corrected chi connectivity index (χ0v) is 11.1. The van der Waals surface area contributed by atoms with Crippen LogP contribution in [0.15, 0.2) is 18.2 Å². The van der Waals surface area contributed by atoms with E-state index in [1.165, 1.54) is 0 Å². The lowest BCUT2D eigenvalue weighted by Gasteiger charge is -2.10. The van der Waals surface area contributed by atoms with Crippen LogP contribution < -0.4 is 5.32 Å². The average Bonchev–Trinajstić information content (AvgIpc) is 2.23. The first-order valence-corrected chi connectivity index (χ1v) is 6.03. The van der Waals surface area contributed by atoms with Crippen LogP contribution in [0.1, 0.15) is 29.3 Å². The van der Waals surface area contributed by atoms with Gasteiger partial charge in [0.1, 0.15) is 0 Å². The van der Waals surface area contributed by atoms with E-state index in [1.807, 2.05) is 6.92 Å². The molecule has 5 heteroatoms. The molecule has 0 aliphatic carbocycles. The van der Waals surface area contributed by atoms with Crippen LogP contribution in [-0.4, -0.2) is 23.5 Å². The summed E-state index contributed by atoms with van der Waals surface area (Å²) < 4.78 is 0. The van der Waals surface area contributed by atoms with Crippen molar-refractivity contribution in [2.45, 2.75) is 20.3 Å². The second kappa shape index (κ2) is 6.40. The summed E-state index contributed by atoms with van der Waals surface area (Å²) >= 11 is 5.87. The van der Waals surface area contributed by atoms with E-state index < -0.39 is 5.97 Å². The van der Waals surface area contributed by atoms with Crippen LogP contribution in [0.2, 0.25) is 5.02 Å². The molecule has 1 aromatic rings. The molecule has 2 N–H and O–H groups in total. The summed E-state index contributed by atoms with van der Waals surface area (Å²) in [7, 11) is 0. The summed E-state index contributed by atoms with van der Waals surface area (Å²) in [5.74, 6) is -1.21. The highest BCUT2D eigenvalue weighted by Crippen LogP contribution is 2.14. The molecule has 1 amide bonds. The Bertz CT molecular complexity index is 439. The van der Waals surface area contributed by atoms with Gasteiger partial charge in [-0.05, 0) is 36.6 Å². The van der Waals surface area contributed by atoms with Crippen molar-refractivity contribution in [1.29, 1.82) is 0 Å². The highest BCUT2D eigenvalue weighted by atomic mass is 35.5. The van der Waals surface area contributed by atoms with Crippen LogP contribution in [-0.2, 0) is 4.79 Å². The van der Waals surface area contributed by atoms with E-state index in [4.69, 9.17) is 16.7 Å². The smallest absolute Gasteiger partial charge is 0.303 e. The first kappa shape index (κ1) is 14.5. The molecule has 0 fully saturated rings. The van der Waals surface area contributed by atoms with Gasteiger partial charge in [0.15, 0.2) is 0 Å². The Labute approximate surface area is 111 Å². The molecule has 0 bridgehead atoms. The molecule has 0 saturated carbocycles. The van der Waals surface area contributed by atoms with Gasteiger partial charge in [-0.25, -0.2) is 0 Å². The van der Waals surface area contributed by atoms with Crippen molar-refractivity contribution in [2.75, 3.05) is 6.54 Å². The molecule has 18 heavy (non-hydrogen) atoms. The second-order valence-electron chi connectivity index (χ2n) is 4.43. The summed E-state index contributed by atoms with van der Waals surface area (Å²) in [6.07, 6.45) is 0.0366. The van der Waals surface area contributed by atoms with Crippen molar-refractivity contribution < 1.29 is 14.7 Å². The molecule has 1 aromatic carbocycles. The van der Waals surface area contributed by atoms with Crippen LogP contribution in [0.25, 0.3) is 0 Å². The van der Waals surface area contributed by atoms with Crippen LogP contribution in [0.4, 0.5) is 0 Å². The molecule has 0 aromatic heterocycles. The molecule has 1 rings (SSSR count). The van der Waals surface area contributed by atoms with Gasteiger partial charge in [-0.15, -0.1) is 0 Å². The monoisotopic (exact) mass is 269 g/mol. The van der Waals surface area contributed by atoms with Gasteiger partial charge in [-0.1, -0.05) is 18.5 Å². The number of amides is 1. The fourth-order valence-corrected chi connectivity index (χ4v) is 1.90. The summed E-state index contributed by atoms with van der Waals surface area (Å²) in [5.41, 5.74) is 1.40. The molecule has 0 saturated heterocycles. The van der Waals surface area contributed by atoms with Crippen LogP contribution in [0.5, 0.6) is 0 Å². The number of rotatable bonds is 5. The molecule has 4 nitrogen and oxygen atoms in total. The molecule has 0 radical (unpaired) electrons. The number of aliphatic carboxylic acids is 1. The lowest BCUT2D eigenvalue weighted by molar-refractivity contribution is -0.137. The van der Waals surface area contributed by atoms with Gasteiger partial charge in [-0.2, -0.15) is 0 Å². The maximum atomic E-state index is 11.8. The highest BCUT2D eigenvalue weighted by Gasteiger charge is 2.11. The van der Waals surface area contributed by atoms with Gasteiger partial charge in [0.25, 0.3) is 5.91 Å². The van der Waals surface area contributed by atoms with E-state index in [-0.39, 0.29) is 18.2 Å². The number of carbonyl (C=O) groups is 2. The van der Waals surface area contributed by atoms with E-state index in [2.05, 4.69) is 5.32 Å². The van der Waals surface area contributed by atoms with Gasteiger partial charge >= 0.3 is 5.97 Å². The third-order valence-electron chi connectivity index (χ3n) is 2.44. The summed E-state index contributed by atoms with van der Waals surface area (Å²) in [5, 5.41) is 11.8. The van der Waals surface area contributed by atoms with Crippen LogP contribution in [0.3, 0.4) is 0 Å². The Balaban J connectivity index is 2.57. The Kier molecular flexibility index (Phi) is 5.16.